The smallest absolute Gasteiger partial charge is 0.254 e. The molecule has 1 aromatic heterocycles. The molecule has 3 rings (SSSR count). The zero-order valence-electron chi connectivity index (χ0n) is 13.6. The number of hydrogen-bond acceptors (Lipinski definition) is 5. The molecule has 1 heterocycles. The fourth-order valence-corrected chi connectivity index (χ4v) is 2.64. The minimum absolute atomic E-state index is 0.0748. The lowest BCUT2D eigenvalue weighted by molar-refractivity contribution is 0.0996. The van der Waals surface area contributed by atoms with Crippen molar-refractivity contribution in [2.24, 2.45) is 10.7 Å². The van der Waals surface area contributed by atoms with E-state index >= 15 is 0 Å². The Hall–Kier alpha value is -2.99. The molecule has 1 amide bonds. The summed E-state index contributed by atoms with van der Waals surface area (Å²) in [6, 6.07) is 11.9. The van der Waals surface area contributed by atoms with E-state index in [0.29, 0.717) is 33.2 Å². The number of primary amides is 1. The number of para-hydroxylation sites is 1. The van der Waals surface area contributed by atoms with Crippen LogP contribution in [0.3, 0.4) is 0 Å². The van der Waals surface area contributed by atoms with Crippen molar-refractivity contribution < 1.29 is 18.7 Å². The first-order valence-corrected chi connectivity index (χ1v) is 7.70. The second-order valence-corrected chi connectivity index (χ2v) is 5.55. The van der Waals surface area contributed by atoms with E-state index in [4.69, 9.17) is 31.2 Å². The van der Waals surface area contributed by atoms with Gasteiger partial charge in [0.05, 0.1) is 24.9 Å². The molecule has 3 aromatic rings. The maximum absolute atomic E-state index is 11.8. The molecule has 0 saturated heterocycles. The van der Waals surface area contributed by atoms with Gasteiger partial charge in [-0.3, -0.25) is 4.79 Å². The summed E-state index contributed by atoms with van der Waals surface area (Å²) in [7, 11) is 3.06. The summed E-state index contributed by atoms with van der Waals surface area (Å²) >= 11 is 6.11. The molecule has 128 valence electrons. The quantitative estimate of drug-likeness (QED) is 0.774. The first kappa shape index (κ1) is 16.9. The minimum atomic E-state index is -0.646. The number of ether oxygens (including phenoxy) is 2. The predicted octanol–water partition coefficient (Wildman–Crippen LogP) is 3.43. The van der Waals surface area contributed by atoms with E-state index < -0.39 is 5.91 Å². The zero-order chi connectivity index (χ0) is 18.0. The molecule has 0 fully saturated rings. The molecule has 0 unspecified atom stereocenters. The van der Waals surface area contributed by atoms with Gasteiger partial charge in [-0.15, -0.1) is 0 Å². The lowest BCUT2D eigenvalue weighted by Crippen LogP contribution is -2.21. The van der Waals surface area contributed by atoms with Crippen LogP contribution in [0, 0.1) is 0 Å². The van der Waals surface area contributed by atoms with Crippen LogP contribution in [-0.2, 0) is 0 Å². The van der Waals surface area contributed by atoms with Gasteiger partial charge >= 0.3 is 0 Å². The van der Waals surface area contributed by atoms with Gasteiger partial charge in [-0.05, 0) is 30.3 Å². The Morgan fingerprint density at radius 1 is 1.12 bits per heavy atom. The van der Waals surface area contributed by atoms with Crippen LogP contribution in [0.2, 0.25) is 5.02 Å². The summed E-state index contributed by atoms with van der Waals surface area (Å²) in [6.07, 6.45) is 0. The second kappa shape index (κ2) is 6.86. The number of methoxy groups -OCH3 is 2. The average molecular weight is 359 g/mol. The molecule has 0 saturated carbocycles. The number of fused-ring (bicyclic) bond motifs is 1. The number of carbonyl (C=O) groups excluding carboxylic acids is 1. The van der Waals surface area contributed by atoms with Gasteiger partial charge in [-0.2, -0.15) is 0 Å². The highest BCUT2D eigenvalue weighted by molar-refractivity contribution is 6.32. The van der Waals surface area contributed by atoms with Crippen molar-refractivity contribution in [1.29, 1.82) is 0 Å². The summed E-state index contributed by atoms with van der Waals surface area (Å²) in [5.74, 6) is 0.400. The standard InChI is InChI=1S/C18H15ClN2O4/c1-23-14-7-6-11(9-13(14)19)21-18-12(17(20)22)8-10-4-3-5-15(24-2)16(10)25-18/h3-9H,1-2H3,(H2,20,22). The molecule has 0 aliphatic heterocycles. The van der Waals surface area contributed by atoms with E-state index in [1.54, 1.807) is 42.5 Å². The van der Waals surface area contributed by atoms with E-state index in [1.165, 1.54) is 14.2 Å². The maximum atomic E-state index is 11.8. The topological polar surface area (TPSA) is 87.1 Å². The van der Waals surface area contributed by atoms with Crippen LogP contribution in [0.15, 0.2) is 51.9 Å². The van der Waals surface area contributed by atoms with E-state index in [1.807, 2.05) is 0 Å². The zero-order valence-corrected chi connectivity index (χ0v) is 14.3. The van der Waals surface area contributed by atoms with Crippen LogP contribution in [-0.4, -0.2) is 20.1 Å². The highest BCUT2D eigenvalue weighted by atomic mass is 35.5. The fourth-order valence-electron chi connectivity index (χ4n) is 2.39. The third-order valence-corrected chi connectivity index (χ3v) is 3.89. The van der Waals surface area contributed by atoms with E-state index in [2.05, 4.69) is 4.99 Å². The number of amides is 1. The number of carbonyl (C=O) groups is 1. The molecule has 7 heteroatoms. The van der Waals surface area contributed by atoms with Crippen molar-refractivity contribution in [2.45, 2.75) is 0 Å². The third-order valence-electron chi connectivity index (χ3n) is 3.59. The Morgan fingerprint density at radius 2 is 1.88 bits per heavy atom. The van der Waals surface area contributed by atoms with Gasteiger partial charge in [-0.25, -0.2) is 4.99 Å². The van der Waals surface area contributed by atoms with Crippen LogP contribution < -0.4 is 20.8 Å². The number of halogens is 1. The highest BCUT2D eigenvalue weighted by Crippen LogP contribution is 2.29. The molecule has 2 N–H and O–H groups in total. The van der Waals surface area contributed by atoms with Crippen molar-refractivity contribution in [3.05, 3.63) is 58.6 Å². The van der Waals surface area contributed by atoms with E-state index in [-0.39, 0.29) is 11.1 Å². The van der Waals surface area contributed by atoms with E-state index in [9.17, 15) is 4.79 Å². The van der Waals surface area contributed by atoms with E-state index in [0.717, 1.165) is 0 Å². The molecule has 0 bridgehead atoms. The van der Waals surface area contributed by atoms with Gasteiger partial charge in [0.25, 0.3) is 5.91 Å². The minimum Gasteiger partial charge on any atom is -0.495 e. The van der Waals surface area contributed by atoms with Crippen molar-refractivity contribution >= 4 is 34.2 Å². The van der Waals surface area contributed by atoms with Gasteiger partial charge in [0.1, 0.15) is 11.3 Å². The first-order valence-electron chi connectivity index (χ1n) is 7.32. The summed E-state index contributed by atoms with van der Waals surface area (Å²) in [4.78, 5) is 16.2. The average Bonchev–Trinajstić information content (AvgIpc) is 2.60. The van der Waals surface area contributed by atoms with Crippen molar-refractivity contribution in [3.63, 3.8) is 0 Å². The van der Waals surface area contributed by atoms with Crippen LogP contribution in [0.5, 0.6) is 11.5 Å². The van der Waals surface area contributed by atoms with Gasteiger partial charge in [0.15, 0.2) is 11.3 Å². The number of nitrogens with zero attached hydrogens (tertiary/aromatic N) is 1. The van der Waals surface area contributed by atoms with Crippen molar-refractivity contribution in [2.75, 3.05) is 14.2 Å². The lowest BCUT2D eigenvalue weighted by atomic mass is 10.1. The number of hydrogen-bond donors (Lipinski definition) is 1. The Labute approximate surface area is 148 Å². The Bertz CT molecular complexity index is 1030. The molecule has 25 heavy (non-hydrogen) atoms. The van der Waals surface area contributed by atoms with Crippen LogP contribution in [0.25, 0.3) is 11.0 Å². The molecule has 0 aliphatic rings. The Morgan fingerprint density at radius 3 is 2.52 bits per heavy atom. The number of benzene rings is 2. The number of rotatable bonds is 4. The normalized spacial score (nSPS) is 11.6. The summed E-state index contributed by atoms with van der Waals surface area (Å²) in [5, 5.41) is 1.07. The summed E-state index contributed by atoms with van der Waals surface area (Å²) in [6.45, 7) is 0. The molecule has 0 spiro atoms. The molecular weight excluding hydrogens is 344 g/mol. The number of nitrogens with two attached hydrogens (primary N) is 1. The molecular formula is C18H15ClN2O4. The Balaban J connectivity index is 2.27. The molecule has 0 radical (unpaired) electrons. The van der Waals surface area contributed by atoms with Crippen molar-refractivity contribution in [1.82, 2.24) is 0 Å². The van der Waals surface area contributed by atoms with Crippen molar-refractivity contribution in [3.8, 4) is 11.5 Å². The largest absolute Gasteiger partial charge is 0.495 e. The summed E-state index contributed by atoms with van der Waals surface area (Å²) < 4.78 is 16.2. The second-order valence-electron chi connectivity index (χ2n) is 5.14. The molecule has 6 nitrogen and oxygen atoms in total. The fraction of sp³-hybridized carbons (Fsp3) is 0.111. The predicted molar refractivity (Wildman–Crippen MR) is 94.5 cm³/mol. The van der Waals surface area contributed by atoms with Gasteiger partial charge in [0.2, 0.25) is 5.55 Å². The molecule has 0 atom stereocenters. The Kier molecular flexibility index (Phi) is 4.63. The molecule has 0 aliphatic carbocycles. The molecule has 2 aromatic carbocycles. The summed E-state index contributed by atoms with van der Waals surface area (Å²) in [5.41, 5.74) is 6.66. The highest BCUT2D eigenvalue weighted by Gasteiger charge is 2.12. The third kappa shape index (κ3) is 3.29. The lowest BCUT2D eigenvalue weighted by Gasteiger charge is -2.06. The van der Waals surface area contributed by atoms with Crippen LogP contribution in [0.1, 0.15) is 10.4 Å². The van der Waals surface area contributed by atoms with Gasteiger partial charge in [0, 0.05) is 5.39 Å². The monoisotopic (exact) mass is 358 g/mol. The van der Waals surface area contributed by atoms with Crippen LogP contribution in [0.4, 0.5) is 5.69 Å². The van der Waals surface area contributed by atoms with Gasteiger partial charge < -0.3 is 19.6 Å². The maximum Gasteiger partial charge on any atom is 0.254 e. The SMILES string of the molecule is COc1ccc(N=c2oc3c(OC)cccc3cc2C(N)=O)cc1Cl. The van der Waals surface area contributed by atoms with Crippen LogP contribution >= 0.6 is 11.6 Å². The van der Waals surface area contributed by atoms with Gasteiger partial charge in [-0.1, -0.05) is 23.7 Å². The first-order chi connectivity index (χ1) is 12.0.